The van der Waals surface area contributed by atoms with E-state index in [1.165, 1.54) is 0 Å². The van der Waals surface area contributed by atoms with Crippen molar-refractivity contribution in [2.75, 3.05) is 0 Å². The second kappa shape index (κ2) is 10.7. The van der Waals surface area contributed by atoms with Gasteiger partial charge in [-0.15, -0.1) is 22.7 Å². The Morgan fingerprint density at radius 3 is 1.37 bits per heavy atom. The molecule has 0 unspecified atom stereocenters. The quantitative estimate of drug-likeness (QED) is 0.196. The molecule has 4 heteroatoms. The van der Waals surface area contributed by atoms with E-state index in [0.29, 0.717) is 0 Å². The molecule has 0 fully saturated rings. The summed E-state index contributed by atoms with van der Waals surface area (Å²) in [5.41, 5.74) is 7.54. The maximum absolute atomic E-state index is 14.6. The second-order valence-corrected chi connectivity index (χ2v) is 12.6. The Morgan fingerprint density at radius 1 is 0.419 bits per heavy atom. The third-order valence-corrected chi connectivity index (χ3v) is 10.2. The number of fused-ring (bicyclic) bond motifs is 3. The lowest BCUT2D eigenvalue weighted by Crippen LogP contribution is -2.17. The van der Waals surface area contributed by atoms with Gasteiger partial charge in [0.2, 0.25) is 0 Å². The zero-order valence-electron chi connectivity index (χ0n) is 23.1. The Kier molecular flexibility index (Phi) is 6.36. The van der Waals surface area contributed by atoms with Crippen LogP contribution in [-0.4, -0.2) is 4.57 Å². The largest absolute Gasteiger partial charge is 0.274 e. The summed E-state index contributed by atoms with van der Waals surface area (Å²) in [6.45, 7) is 0. The van der Waals surface area contributed by atoms with Gasteiger partial charge in [0.15, 0.2) is 0 Å². The topological polar surface area (TPSA) is 22.0 Å². The van der Waals surface area contributed by atoms with Crippen LogP contribution in [0.15, 0.2) is 156 Å². The van der Waals surface area contributed by atoms with Crippen molar-refractivity contribution in [3.8, 4) is 48.8 Å². The van der Waals surface area contributed by atoms with Gasteiger partial charge >= 0.3 is 0 Å². The third kappa shape index (κ3) is 4.62. The molecular weight excluding hydrogens is 563 g/mol. The maximum atomic E-state index is 14.6. The summed E-state index contributed by atoms with van der Waals surface area (Å²) in [4.78, 5) is 17.8. The summed E-state index contributed by atoms with van der Waals surface area (Å²) in [5, 5.41) is 2.12. The molecule has 0 N–H and O–H groups in total. The first-order valence-corrected chi connectivity index (χ1v) is 15.9. The van der Waals surface area contributed by atoms with Gasteiger partial charge in [-0.2, -0.15) is 0 Å². The zero-order chi connectivity index (χ0) is 28.8. The van der Waals surface area contributed by atoms with Gasteiger partial charge in [0.25, 0.3) is 5.56 Å². The normalized spacial score (nSPS) is 11.3. The summed E-state index contributed by atoms with van der Waals surface area (Å²) in [7, 11) is 0. The maximum Gasteiger partial charge on any atom is 0.274 e. The van der Waals surface area contributed by atoms with Gasteiger partial charge in [-0.1, -0.05) is 121 Å². The van der Waals surface area contributed by atoms with Crippen molar-refractivity contribution in [1.82, 2.24) is 4.57 Å². The van der Waals surface area contributed by atoms with Crippen molar-refractivity contribution in [1.29, 1.82) is 0 Å². The number of pyridine rings is 1. The van der Waals surface area contributed by atoms with Crippen molar-refractivity contribution >= 4 is 43.0 Å². The fourth-order valence-corrected chi connectivity index (χ4v) is 8.05. The second-order valence-electron chi connectivity index (χ2n) is 10.6. The molecule has 0 aliphatic rings. The highest BCUT2D eigenvalue weighted by Gasteiger charge is 2.20. The molecular formula is C39H25NOS2. The number of benzene rings is 5. The average Bonchev–Trinajstić information content (AvgIpc) is 3.72. The molecule has 3 aromatic heterocycles. The van der Waals surface area contributed by atoms with Crippen LogP contribution in [0.1, 0.15) is 0 Å². The lowest BCUT2D eigenvalue weighted by Gasteiger charge is -2.14. The summed E-state index contributed by atoms with van der Waals surface area (Å²) < 4.78 is 2.72. The number of thiophene rings is 2. The first kappa shape index (κ1) is 25.7. The van der Waals surface area contributed by atoms with Crippen molar-refractivity contribution in [2.24, 2.45) is 0 Å². The number of hydrogen-bond donors (Lipinski definition) is 0. The van der Waals surface area contributed by atoms with Gasteiger partial charge in [-0.3, -0.25) is 9.36 Å². The minimum atomic E-state index is 0.0142. The first-order valence-electron chi connectivity index (χ1n) is 14.2. The molecule has 8 aromatic rings. The van der Waals surface area contributed by atoms with Crippen LogP contribution in [-0.2, 0) is 0 Å². The minimum Gasteiger partial charge on any atom is -0.267 e. The molecule has 3 heterocycles. The molecule has 0 atom stereocenters. The predicted octanol–water partition coefficient (Wildman–Crippen LogP) is 10.9. The Labute approximate surface area is 257 Å². The number of nitrogens with zero attached hydrogens (tertiary/aromatic N) is 1. The van der Waals surface area contributed by atoms with Crippen LogP contribution in [0.5, 0.6) is 0 Å². The number of rotatable bonds is 5. The van der Waals surface area contributed by atoms with Crippen LogP contribution >= 0.6 is 22.7 Å². The third-order valence-electron chi connectivity index (χ3n) is 7.84. The lowest BCUT2D eigenvalue weighted by atomic mass is 9.98. The van der Waals surface area contributed by atoms with Crippen molar-refractivity contribution in [3.63, 3.8) is 0 Å². The molecule has 5 aromatic carbocycles. The van der Waals surface area contributed by atoms with Gasteiger partial charge in [0.05, 0.1) is 5.69 Å². The summed E-state index contributed by atoms with van der Waals surface area (Å²) in [6.07, 6.45) is 0. The lowest BCUT2D eigenvalue weighted by molar-refractivity contribution is 1.08. The Hall–Kier alpha value is -5.03. The van der Waals surface area contributed by atoms with Crippen LogP contribution in [0.25, 0.3) is 69.1 Å². The van der Waals surface area contributed by atoms with Crippen LogP contribution in [0.3, 0.4) is 0 Å². The van der Waals surface area contributed by atoms with Gasteiger partial charge < -0.3 is 0 Å². The summed E-state index contributed by atoms with van der Waals surface area (Å²) in [6, 6.07) is 52.6. The monoisotopic (exact) mass is 587 g/mol. The molecule has 204 valence electrons. The molecule has 0 spiro atoms. The summed E-state index contributed by atoms with van der Waals surface area (Å²) >= 11 is 3.26. The van der Waals surface area contributed by atoms with E-state index in [-0.39, 0.29) is 5.56 Å². The van der Waals surface area contributed by atoms with Gasteiger partial charge in [0.1, 0.15) is 9.53 Å². The van der Waals surface area contributed by atoms with Crippen LogP contribution in [0.4, 0.5) is 0 Å². The highest BCUT2D eigenvalue weighted by atomic mass is 32.1. The van der Waals surface area contributed by atoms with E-state index >= 15 is 0 Å². The van der Waals surface area contributed by atoms with Crippen molar-refractivity contribution in [2.45, 2.75) is 0 Å². The molecule has 2 nitrogen and oxygen atoms in total. The highest BCUT2D eigenvalue weighted by molar-refractivity contribution is 7.23. The van der Waals surface area contributed by atoms with Gasteiger partial charge in [-0.05, 0) is 63.7 Å². The van der Waals surface area contributed by atoms with E-state index in [9.17, 15) is 4.79 Å². The fourth-order valence-electron chi connectivity index (χ4n) is 5.74. The van der Waals surface area contributed by atoms with Crippen molar-refractivity contribution < 1.29 is 0 Å². The molecule has 0 saturated heterocycles. The molecule has 0 saturated carbocycles. The highest BCUT2D eigenvalue weighted by Crippen LogP contribution is 2.42. The van der Waals surface area contributed by atoms with E-state index in [1.54, 1.807) is 22.7 Å². The standard InChI is InChI=1S/C39H25NOS2/c41-38-37-33(24-35(42-37)28-17-9-3-10-18-28)34-25-36(29-19-11-4-12-20-29)43-39(34)40(38)32-22-30(26-13-5-1-6-14-26)21-31(23-32)27-15-7-2-8-16-27/h1-25H. The van der Waals surface area contributed by atoms with Crippen LogP contribution in [0.2, 0.25) is 0 Å². The fraction of sp³-hybridized carbons (Fsp3) is 0. The van der Waals surface area contributed by atoms with E-state index in [1.807, 2.05) is 41.0 Å². The molecule has 0 aliphatic heterocycles. The summed E-state index contributed by atoms with van der Waals surface area (Å²) in [5.74, 6) is 0. The van der Waals surface area contributed by atoms with Gasteiger partial charge in [0, 0.05) is 20.5 Å². The van der Waals surface area contributed by atoms with Gasteiger partial charge in [-0.25, -0.2) is 0 Å². The Bertz CT molecular complexity index is 2220. The molecule has 0 bridgehead atoms. The van der Waals surface area contributed by atoms with E-state index in [0.717, 1.165) is 69.1 Å². The molecule has 8 rings (SSSR count). The predicted molar refractivity (Wildman–Crippen MR) is 185 cm³/mol. The van der Waals surface area contributed by atoms with Crippen molar-refractivity contribution in [3.05, 3.63) is 162 Å². The number of hydrogen-bond acceptors (Lipinski definition) is 3. The molecule has 0 radical (unpaired) electrons. The average molecular weight is 588 g/mol. The molecule has 0 aliphatic carbocycles. The Balaban J connectivity index is 1.45. The van der Waals surface area contributed by atoms with Crippen LogP contribution in [0, 0.1) is 0 Å². The smallest absolute Gasteiger partial charge is 0.267 e. The number of aromatic nitrogens is 1. The Morgan fingerprint density at radius 2 is 0.860 bits per heavy atom. The molecule has 0 amide bonds. The SMILES string of the molecule is O=c1c2sc(-c3ccccc3)cc2c2cc(-c3ccccc3)sc2n1-c1cc(-c2ccccc2)cc(-c2ccccc2)c1. The van der Waals surface area contributed by atoms with E-state index < -0.39 is 0 Å². The first-order chi connectivity index (χ1) is 21.2. The minimum absolute atomic E-state index is 0.0142. The van der Waals surface area contributed by atoms with Crippen LogP contribution < -0.4 is 5.56 Å². The van der Waals surface area contributed by atoms with E-state index in [2.05, 4.69) is 115 Å². The van der Waals surface area contributed by atoms with E-state index in [4.69, 9.17) is 0 Å². The zero-order valence-corrected chi connectivity index (χ0v) is 24.7. The molecule has 43 heavy (non-hydrogen) atoms.